The summed E-state index contributed by atoms with van der Waals surface area (Å²) in [6.45, 7) is 7.54. The Bertz CT molecular complexity index is 583. The zero-order valence-electron chi connectivity index (χ0n) is 12.6. The Balaban J connectivity index is 2.00. The molecular weight excluding hydrogens is 320 g/mol. The van der Waals surface area contributed by atoms with E-state index in [0.29, 0.717) is 6.04 Å². The van der Waals surface area contributed by atoms with Crippen LogP contribution in [0.2, 0.25) is 5.02 Å². The van der Waals surface area contributed by atoms with E-state index < -0.39 is 0 Å². The van der Waals surface area contributed by atoms with Crippen molar-refractivity contribution in [3.63, 3.8) is 0 Å². The lowest BCUT2D eigenvalue weighted by Gasteiger charge is -2.11. The molecule has 0 aliphatic rings. The SMILES string of the molecule is CCCNC(C)c1sc(CSc2ccccc2Cl)nc1C. The number of nitrogens with zero attached hydrogens (tertiary/aromatic N) is 1. The van der Waals surface area contributed by atoms with Crippen molar-refractivity contribution in [3.05, 3.63) is 44.9 Å². The molecule has 0 aliphatic heterocycles. The highest BCUT2D eigenvalue weighted by Gasteiger charge is 2.14. The van der Waals surface area contributed by atoms with E-state index in [1.54, 1.807) is 23.1 Å². The molecule has 0 saturated heterocycles. The van der Waals surface area contributed by atoms with Crippen LogP contribution >= 0.6 is 34.7 Å². The number of thiazole rings is 1. The van der Waals surface area contributed by atoms with Gasteiger partial charge in [0, 0.05) is 15.8 Å². The molecule has 2 nitrogen and oxygen atoms in total. The first kappa shape index (κ1) is 16.8. The van der Waals surface area contributed by atoms with Gasteiger partial charge in [-0.2, -0.15) is 0 Å². The molecule has 0 aliphatic carbocycles. The number of rotatable bonds is 7. The summed E-state index contributed by atoms with van der Waals surface area (Å²) in [5, 5.41) is 5.51. The van der Waals surface area contributed by atoms with Crippen molar-refractivity contribution in [3.8, 4) is 0 Å². The van der Waals surface area contributed by atoms with E-state index in [0.717, 1.165) is 39.3 Å². The number of aryl methyl sites for hydroxylation is 1. The maximum Gasteiger partial charge on any atom is 0.103 e. The van der Waals surface area contributed by atoms with E-state index in [9.17, 15) is 0 Å². The first-order valence-electron chi connectivity index (χ1n) is 7.18. The number of hydrogen-bond donors (Lipinski definition) is 1. The van der Waals surface area contributed by atoms with Gasteiger partial charge >= 0.3 is 0 Å². The second-order valence-corrected chi connectivity index (χ2v) is 7.49. The van der Waals surface area contributed by atoms with Crippen LogP contribution in [0, 0.1) is 6.92 Å². The van der Waals surface area contributed by atoms with Gasteiger partial charge < -0.3 is 5.32 Å². The third-order valence-electron chi connectivity index (χ3n) is 3.16. The average molecular weight is 341 g/mol. The van der Waals surface area contributed by atoms with Gasteiger partial charge in [0.15, 0.2) is 0 Å². The van der Waals surface area contributed by atoms with Crippen LogP contribution < -0.4 is 5.32 Å². The van der Waals surface area contributed by atoms with Crippen molar-refractivity contribution in [2.45, 2.75) is 43.9 Å². The second-order valence-electron chi connectivity index (χ2n) is 4.95. The molecule has 2 aromatic rings. The van der Waals surface area contributed by atoms with Gasteiger partial charge in [0.2, 0.25) is 0 Å². The van der Waals surface area contributed by atoms with Gasteiger partial charge in [-0.1, -0.05) is 30.7 Å². The summed E-state index contributed by atoms with van der Waals surface area (Å²) >= 11 is 9.74. The molecule has 1 N–H and O–H groups in total. The minimum absolute atomic E-state index is 0.376. The molecule has 0 amide bonds. The molecule has 0 spiro atoms. The van der Waals surface area contributed by atoms with Gasteiger partial charge in [-0.25, -0.2) is 4.98 Å². The third-order valence-corrected chi connectivity index (χ3v) is 6.21. The minimum atomic E-state index is 0.376. The summed E-state index contributed by atoms with van der Waals surface area (Å²) in [7, 11) is 0. The summed E-state index contributed by atoms with van der Waals surface area (Å²) in [6.07, 6.45) is 1.15. The molecule has 1 aromatic heterocycles. The molecule has 21 heavy (non-hydrogen) atoms. The Labute approximate surface area is 140 Å². The van der Waals surface area contributed by atoms with Gasteiger partial charge in [0.25, 0.3) is 0 Å². The summed E-state index contributed by atoms with van der Waals surface area (Å²) in [6, 6.07) is 8.34. The van der Waals surface area contributed by atoms with Crippen LogP contribution in [0.3, 0.4) is 0 Å². The average Bonchev–Trinajstić information content (AvgIpc) is 2.85. The number of benzene rings is 1. The Morgan fingerprint density at radius 2 is 2.14 bits per heavy atom. The lowest BCUT2D eigenvalue weighted by Crippen LogP contribution is -2.18. The maximum atomic E-state index is 6.19. The lowest BCUT2D eigenvalue weighted by molar-refractivity contribution is 0.575. The highest BCUT2D eigenvalue weighted by atomic mass is 35.5. The smallest absolute Gasteiger partial charge is 0.103 e. The molecule has 0 fully saturated rings. The third kappa shape index (κ3) is 4.71. The number of hydrogen-bond acceptors (Lipinski definition) is 4. The van der Waals surface area contributed by atoms with E-state index >= 15 is 0 Å². The number of halogens is 1. The van der Waals surface area contributed by atoms with Gasteiger partial charge in [-0.3, -0.25) is 0 Å². The van der Waals surface area contributed by atoms with Crippen LogP contribution in [-0.2, 0) is 5.75 Å². The fraction of sp³-hybridized carbons (Fsp3) is 0.438. The van der Waals surface area contributed by atoms with Crippen molar-refractivity contribution >= 4 is 34.7 Å². The zero-order chi connectivity index (χ0) is 15.2. The highest BCUT2D eigenvalue weighted by molar-refractivity contribution is 7.98. The Hall–Kier alpha value is -0.550. The summed E-state index contributed by atoms with van der Waals surface area (Å²) in [4.78, 5) is 7.16. The molecule has 2 rings (SSSR count). The molecular formula is C16H21ClN2S2. The Morgan fingerprint density at radius 3 is 2.86 bits per heavy atom. The fourth-order valence-corrected chi connectivity index (χ4v) is 4.41. The van der Waals surface area contributed by atoms with Crippen molar-refractivity contribution < 1.29 is 0 Å². The molecule has 0 bridgehead atoms. The van der Waals surface area contributed by atoms with E-state index in [1.807, 2.05) is 18.2 Å². The summed E-state index contributed by atoms with van der Waals surface area (Å²) in [5.41, 5.74) is 1.14. The van der Waals surface area contributed by atoms with Crippen LogP contribution in [0.25, 0.3) is 0 Å². The fourth-order valence-electron chi connectivity index (χ4n) is 2.08. The Morgan fingerprint density at radius 1 is 1.38 bits per heavy atom. The zero-order valence-corrected chi connectivity index (χ0v) is 15.0. The first-order chi connectivity index (χ1) is 10.1. The van der Waals surface area contributed by atoms with Crippen LogP contribution in [0.5, 0.6) is 0 Å². The molecule has 1 heterocycles. The van der Waals surface area contributed by atoms with Crippen LogP contribution in [0.15, 0.2) is 29.2 Å². The summed E-state index contributed by atoms with van der Waals surface area (Å²) < 4.78 is 0. The minimum Gasteiger partial charge on any atom is -0.309 e. The topological polar surface area (TPSA) is 24.9 Å². The standard InChI is InChI=1S/C16H21ClN2S2/c1-4-9-18-11(2)16-12(3)19-15(21-16)10-20-14-8-6-5-7-13(14)17/h5-8,11,18H,4,9-10H2,1-3H3. The predicted molar refractivity (Wildman–Crippen MR) is 94.6 cm³/mol. The van der Waals surface area contributed by atoms with E-state index in [-0.39, 0.29) is 0 Å². The quantitative estimate of drug-likeness (QED) is 0.677. The lowest BCUT2D eigenvalue weighted by atomic mass is 10.2. The van der Waals surface area contributed by atoms with Crippen molar-refractivity contribution in [1.82, 2.24) is 10.3 Å². The number of aromatic nitrogens is 1. The molecule has 0 saturated carbocycles. The molecule has 1 atom stereocenters. The second kappa shape index (κ2) is 8.18. The van der Waals surface area contributed by atoms with Crippen molar-refractivity contribution in [2.75, 3.05) is 6.54 Å². The van der Waals surface area contributed by atoms with Crippen LogP contribution in [0.4, 0.5) is 0 Å². The predicted octanol–water partition coefficient (Wildman–Crippen LogP) is 5.46. The highest BCUT2D eigenvalue weighted by Crippen LogP contribution is 2.32. The van der Waals surface area contributed by atoms with Crippen LogP contribution in [-0.4, -0.2) is 11.5 Å². The monoisotopic (exact) mass is 340 g/mol. The number of nitrogens with one attached hydrogen (secondary N) is 1. The summed E-state index contributed by atoms with van der Waals surface area (Å²) in [5.74, 6) is 0.871. The van der Waals surface area contributed by atoms with Gasteiger partial charge in [-0.15, -0.1) is 23.1 Å². The molecule has 114 valence electrons. The first-order valence-corrected chi connectivity index (χ1v) is 9.36. The van der Waals surface area contributed by atoms with Crippen molar-refractivity contribution in [1.29, 1.82) is 0 Å². The number of thioether (sulfide) groups is 1. The molecule has 0 radical (unpaired) electrons. The van der Waals surface area contributed by atoms with E-state index in [2.05, 4.69) is 32.2 Å². The van der Waals surface area contributed by atoms with E-state index in [1.165, 1.54) is 4.88 Å². The Kier molecular flexibility index (Phi) is 6.55. The van der Waals surface area contributed by atoms with E-state index in [4.69, 9.17) is 16.6 Å². The van der Waals surface area contributed by atoms with Gasteiger partial charge in [0.05, 0.1) is 16.5 Å². The largest absolute Gasteiger partial charge is 0.309 e. The van der Waals surface area contributed by atoms with Crippen molar-refractivity contribution in [2.24, 2.45) is 0 Å². The van der Waals surface area contributed by atoms with Gasteiger partial charge in [-0.05, 0) is 38.9 Å². The molecule has 1 aromatic carbocycles. The normalized spacial score (nSPS) is 12.6. The van der Waals surface area contributed by atoms with Gasteiger partial charge in [0.1, 0.15) is 5.01 Å². The van der Waals surface area contributed by atoms with Crippen LogP contribution in [0.1, 0.15) is 41.9 Å². The maximum absolute atomic E-state index is 6.19. The molecule has 1 unspecified atom stereocenters. The molecule has 5 heteroatoms.